The van der Waals surface area contributed by atoms with Crippen molar-refractivity contribution in [2.75, 3.05) is 25.1 Å². The lowest BCUT2D eigenvalue weighted by Crippen LogP contribution is -2.36. The van der Waals surface area contributed by atoms with E-state index in [1.165, 1.54) is 18.2 Å². The molecule has 0 aliphatic rings. The number of nitrogens with zero attached hydrogens (tertiary/aromatic N) is 2. The van der Waals surface area contributed by atoms with E-state index in [9.17, 15) is 28.1 Å². The minimum atomic E-state index is -4.50. The zero-order valence-corrected chi connectivity index (χ0v) is 16.8. The Labute approximate surface area is 170 Å². The lowest BCUT2D eigenvalue weighted by molar-refractivity contribution is -0.385. The van der Waals surface area contributed by atoms with Gasteiger partial charge < -0.3 is 9.47 Å². The number of ether oxygens (including phenoxy) is 2. The third-order valence-corrected chi connectivity index (χ3v) is 5.83. The number of carbonyl (C=O) groups excluding carboxylic acids is 2. The first kappa shape index (κ1) is 22.1. The maximum absolute atomic E-state index is 13.2. The molecule has 0 radical (unpaired) electrons. The molecular formula is C17H15ClN2O8S. The zero-order valence-electron chi connectivity index (χ0n) is 15.2. The smallest absolute Gasteiger partial charge is 0.337 e. The fourth-order valence-corrected chi connectivity index (χ4v) is 4.04. The predicted molar refractivity (Wildman–Crippen MR) is 102 cm³/mol. The summed E-state index contributed by atoms with van der Waals surface area (Å²) >= 11 is 6.12. The quantitative estimate of drug-likeness (QED) is 0.362. The van der Waals surface area contributed by atoms with Crippen molar-refractivity contribution < 1.29 is 32.4 Å². The van der Waals surface area contributed by atoms with Crippen molar-refractivity contribution in [2.45, 2.75) is 4.90 Å². The maximum Gasteiger partial charge on any atom is 0.337 e. The van der Waals surface area contributed by atoms with Gasteiger partial charge in [0, 0.05) is 12.1 Å². The SMILES string of the molecule is COC(=O)CN(c1cc(C(=O)OC)ccc1Cl)S(=O)(=O)c1cccc([N+](=O)[O-])c1. The number of sulfonamides is 1. The van der Waals surface area contributed by atoms with Gasteiger partial charge in [-0.2, -0.15) is 0 Å². The van der Waals surface area contributed by atoms with Crippen LogP contribution in [0.25, 0.3) is 0 Å². The van der Waals surface area contributed by atoms with Gasteiger partial charge in [0.25, 0.3) is 15.7 Å². The second-order valence-electron chi connectivity index (χ2n) is 5.50. The summed E-state index contributed by atoms with van der Waals surface area (Å²) in [4.78, 5) is 33.5. The molecule has 0 saturated carbocycles. The van der Waals surface area contributed by atoms with Gasteiger partial charge in [0.2, 0.25) is 0 Å². The van der Waals surface area contributed by atoms with Gasteiger partial charge in [0.15, 0.2) is 0 Å². The first-order chi connectivity index (χ1) is 13.6. The Morgan fingerprint density at radius 3 is 2.41 bits per heavy atom. The zero-order chi connectivity index (χ0) is 21.8. The number of anilines is 1. The molecule has 12 heteroatoms. The summed E-state index contributed by atoms with van der Waals surface area (Å²) in [6.07, 6.45) is 0. The van der Waals surface area contributed by atoms with Crippen molar-refractivity contribution in [3.63, 3.8) is 0 Å². The third-order valence-electron chi connectivity index (χ3n) is 3.75. The number of esters is 2. The topological polar surface area (TPSA) is 133 Å². The van der Waals surface area contributed by atoms with Gasteiger partial charge in [-0.15, -0.1) is 0 Å². The Hall–Kier alpha value is -3.18. The number of hydrogen-bond acceptors (Lipinski definition) is 8. The van der Waals surface area contributed by atoms with Crippen molar-refractivity contribution in [3.8, 4) is 0 Å². The Bertz CT molecular complexity index is 1070. The van der Waals surface area contributed by atoms with Gasteiger partial charge in [-0.05, 0) is 24.3 Å². The molecule has 2 rings (SSSR count). The van der Waals surface area contributed by atoms with Gasteiger partial charge in [0.1, 0.15) is 6.54 Å². The summed E-state index contributed by atoms with van der Waals surface area (Å²) in [5.41, 5.74) is -0.680. The minimum absolute atomic E-state index is 0.0176. The molecule has 0 bridgehead atoms. The summed E-state index contributed by atoms with van der Waals surface area (Å²) in [6, 6.07) is 7.99. The second kappa shape index (κ2) is 8.88. The molecule has 0 N–H and O–H groups in total. The molecule has 0 aliphatic carbocycles. The number of benzene rings is 2. The van der Waals surface area contributed by atoms with E-state index in [1.807, 2.05) is 0 Å². The van der Waals surface area contributed by atoms with Crippen molar-refractivity contribution in [1.29, 1.82) is 0 Å². The first-order valence-corrected chi connectivity index (χ1v) is 9.65. The van der Waals surface area contributed by atoms with Gasteiger partial charge in [-0.3, -0.25) is 19.2 Å². The average molecular weight is 443 g/mol. The molecule has 29 heavy (non-hydrogen) atoms. The highest BCUT2D eigenvalue weighted by Gasteiger charge is 2.31. The van der Waals surface area contributed by atoms with Gasteiger partial charge in [-0.1, -0.05) is 17.7 Å². The Morgan fingerprint density at radius 2 is 1.83 bits per heavy atom. The summed E-state index contributed by atoms with van der Waals surface area (Å²) in [5, 5.41) is 10.9. The molecule has 2 aromatic rings. The molecular weight excluding hydrogens is 428 g/mol. The summed E-state index contributed by atoms with van der Waals surface area (Å²) in [5.74, 6) is -1.67. The Morgan fingerprint density at radius 1 is 1.14 bits per heavy atom. The van der Waals surface area contributed by atoms with Crippen LogP contribution in [0, 0.1) is 10.1 Å². The molecule has 0 unspecified atom stereocenters. The van der Waals surface area contributed by atoms with E-state index in [4.69, 9.17) is 11.6 Å². The largest absolute Gasteiger partial charge is 0.468 e. The molecule has 0 amide bonds. The van der Waals surface area contributed by atoms with Crippen LogP contribution in [0.1, 0.15) is 10.4 Å². The van der Waals surface area contributed by atoms with E-state index < -0.39 is 44.0 Å². The number of non-ortho nitro benzene ring substituents is 1. The van der Waals surface area contributed by atoms with Crippen LogP contribution in [0.4, 0.5) is 11.4 Å². The number of nitro groups is 1. The van der Waals surface area contributed by atoms with Crippen LogP contribution in [0.15, 0.2) is 47.4 Å². The van der Waals surface area contributed by atoms with E-state index >= 15 is 0 Å². The van der Waals surface area contributed by atoms with Crippen LogP contribution in [-0.4, -0.2) is 46.0 Å². The molecule has 0 fully saturated rings. The van der Waals surface area contributed by atoms with E-state index in [-0.39, 0.29) is 16.3 Å². The fraction of sp³-hybridized carbons (Fsp3) is 0.176. The first-order valence-electron chi connectivity index (χ1n) is 7.83. The van der Waals surface area contributed by atoms with Gasteiger partial charge in [0.05, 0.1) is 40.3 Å². The number of rotatable bonds is 7. The van der Waals surface area contributed by atoms with Crippen LogP contribution < -0.4 is 4.31 Å². The highest BCUT2D eigenvalue weighted by atomic mass is 35.5. The number of nitro benzene ring substituents is 1. The van der Waals surface area contributed by atoms with Crippen molar-refractivity contribution in [2.24, 2.45) is 0 Å². The fourth-order valence-electron chi connectivity index (χ4n) is 2.31. The van der Waals surface area contributed by atoms with E-state index in [2.05, 4.69) is 9.47 Å². The van der Waals surface area contributed by atoms with Crippen molar-refractivity contribution in [1.82, 2.24) is 0 Å². The Balaban J connectivity index is 2.68. The third kappa shape index (κ3) is 4.81. The maximum atomic E-state index is 13.2. The highest BCUT2D eigenvalue weighted by Crippen LogP contribution is 2.32. The van der Waals surface area contributed by atoms with Crippen LogP contribution in [0.5, 0.6) is 0 Å². The lowest BCUT2D eigenvalue weighted by atomic mass is 10.2. The Kier molecular flexibility index (Phi) is 6.77. The van der Waals surface area contributed by atoms with Crippen LogP contribution in [-0.2, 0) is 24.3 Å². The van der Waals surface area contributed by atoms with E-state index in [0.29, 0.717) is 4.31 Å². The number of halogens is 1. The molecule has 2 aromatic carbocycles. The van der Waals surface area contributed by atoms with Gasteiger partial charge >= 0.3 is 11.9 Å². The number of carbonyl (C=O) groups is 2. The lowest BCUT2D eigenvalue weighted by Gasteiger charge is -2.24. The van der Waals surface area contributed by atoms with E-state index in [0.717, 1.165) is 38.5 Å². The molecule has 0 spiro atoms. The van der Waals surface area contributed by atoms with Crippen LogP contribution in [0.3, 0.4) is 0 Å². The normalized spacial score (nSPS) is 10.9. The molecule has 0 aromatic heterocycles. The van der Waals surface area contributed by atoms with Crippen LogP contribution in [0.2, 0.25) is 5.02 Å². The number of methoxy groups -OCH3 is 2. The van der Waals surface area contributed by atoms with Crippen LogP contribution >= 0.6 is 11.6 Å². The molecule has 0 aliphatic heterocycles. The number of hydrogen-bond donors (Lipinski definition) is 0. The molecule has 0 heterocycles. The van der Waals surface area contributed by atoms with Crippen molar-refractivity contribution in [3.05, 3.63) is 63.2 Å². The summed E-state index contributed by atoms with van der Waals surface area (Å²) < 4.78 is 36.1. The average Bonchev–Trinajstić information content (AvgIpc) is 2.71. The summed E-state index contributed by atoms with van der Waals surface area (Å²) in [6.45, 7) is -0.786. The van der Waals surface area contributed by atoms with Crippen molar-refractivity contribution >= 4 is 44.9 Å². The molecule has 10 nitrogen and oxygen atoms in total. The monoisotopic (exact) mass is 442 g/mol. The molecule has 0 saturated heterocycles. The molecule has 0 atom stereocenters. The summed E-state index contributed by atoms with van der Waals surface area (Å²) in [7, 11) is -2.29. The van der Waals surface area contributed by atoms with Gasteiger partial charge in [-0.25, -0.2) is 13.2 Å². The highest BCUT2D eigenvalue weighted by molar-refractivity contribution is 7.92. The standard InChI is InChI=1S/C17H15ClN2O8S/c1-27-16(21)10-19(15-8-11(17(22)28-2)6-7-14(15)18)29(25,26)13-5-3-4-12(9-13)20(23)24/h3-9H,10H2,1-2H3. The predicted octanol–water partition coefficient (Wildman–Crippen LogP) is 2.40. The van der Waals surface area contributed by atoms with E-state index in [1.54, 1.807) is 0 Å². The molecule has 154 valence electrons. The minimum Gasteiger partial charge on any atom is -0.468 e. The second-order valence-corrected chi connectivity index (χ2v) is 7.77.